The quantitative estimate of drug-likeness (QED) is 0.290. The van der Waals surface area contributed by atoms with Crippen molar-refractivity contribution in [1.82, 2.24) is 14.5 Å². The minimum Gasteiger partial charge on any atom is -0.457 e. The maximum atomic E-state index is 13.8. The molecule has 37 heavy (non-hydrogen) atoms. The first kappa shape index (κ1) is 25.2. The highest BCUT2D eigenvalue weighted by molar-refractivity contribution is 6.35. The molecule has 3 heterocycles. The standard InChI is InChI=1S/C28H29ClN4O4/c1-17(2)33-13-23(25-27(30-16-31-28(25)33)32-18-8-9-21(14-34)36-15-18)26(35)22-11-10-20(12-24(22)29)37-19-6-4-3-5-7-19/h3-7,10-13,16-18,21,34H,8-9,14-15H2,1-2H3,(H,30,31,32)/t18-,21+/m1/s1. The Hall–Kier alpha value is -3.46. The van der Waals surface area contributed by atoms with Gasteiger partial charge in [0, 0.05) is 23.9 Å². The second kappa shape index (κ2) is 10.9. The first-order valence-corrected chi connectivity index (χ1v) is 12.7. The number of aromatic nitrogens is 3. The van der Waals surface area contributed by atoms with E-state index in [1.807, 2.05) is 54.9 Å². The molecule has 2 N–H and O–H groups in total. The molecule has 1 aliphatic heterocycles. The van der Waals surface area contributed by atoms with Gasteiger partial charge in [-0.25, -0.2) is 9.97 Å². The smallest absolute Gasteiger partial charge is 0.196 e. The lowest BCUT2D eigenvalue weighted by Crippen LogP contribution is -2.36. The van der Waals surface area contributed by atoms with Crippen molar-refractivity contribution in [3.63, 3.8) is 0 Å². The summed E-state index contributed by atoms with van der Waals surface area (Å²) in [5.41, 5.74) is 1.50. The van der Waals surface area contributed by atoms with Gasteiger partial charge in [0.15, 0.2) is 5.78 Å². The molecule has 0 spiro atoms. The molecule has 0 saturated carbocycles. The number of benzene rings is 2. The number of aliphatic hydroxyl groups is 1. The predicted octanol–water partition coefficient (Wildman–Crippen LogP) is 5.64. The maximum absolute atomic E-state index is 13.8. The van der Waals surface area contributed by atoms with Gasteiger partial charge < -0.3 is 24.5 Å². The van der Waals surface area contributed by atoms with Crippen LogP contribution in [0.5, 0.6) is 11.5 Å². The molecule has 0 bridgehead atoms. The Morgan fingerprint density at radius 1 is 1.16 bits per heavy atom. The number of fused-ring (bicyclic) bond motifs is 1. The summed E-state index contributed by atoms with van der Waals surface area (Å²) in [6.07, 6.45) is 4.74. The van der Waals surface area contributed by atoms with Gasteiger partial charge in [-0.1, -0.05) is 29.8 Å². The molecule has 8 nitrogen and oxygen atoms in total. The van der Waals surface area contributed by atoms with E-state index in [1.165, 1.54) is 6.33 Å². The summed E-state index contributed by atoms with van der Waals surface area (Å²) in [6, 6.07) is 14.5. The maximum Gasteiger partial charge on any atom is 0.196 e. The molecule has 0 unspecified atom stereocenters. The van der Waals surface area contributed by atoms with Crippen LogP contribution in [0.15, 0.2) is 61.1 Å². The summed E-state index contributed by atoms with van der Waals surface area (Å²) in [7, 11) is 0. The van der Waals surface area contributed by atoms with E-state index < -0.39 is 0 Å². The highest BCUT2D eigenvalue weighted by Gasteiger charge is 2.26. The number of nitrogens with one attached hydrogen (secondary N) is 1. The van der Waals surface area contributed by atoms with E-state index in [4.69, 9.17) is 21.1 Å². The molecule has 2 aromatic heterocycles. The van der Waals surface area contributed by atoms with Gasteiger partial charge in [-0.2, -0.15) is 0 Å². The van der Waals surface area contributed by atoms with Crippen LogP contribution >= 0.6 is 11.6 Å². The summed E-state index contributed by atoms with van der Waals surface area (Å²) in [4.78, 5) is 22.8. The van der Waals surface area contributed by atoms with Crippen molar-refractivity contribution in [1.29, 1.82) is 0 Å². The predicted molar refractivity (Wildman–Crippen MR) is 143 cm³/mol. The van der Waals surface area contributed by atoms with Gasteiger partial charge in [-0.05, 0) is 51.0 Å². The Morgan fingerprint density at radius 2 is 1.97 bits per heavy atom. The van der Waals surface area contributed by atoms with E-state index in [1.54, 1.807) is 18.2 Å². The first-order chi connectivity index (χ1) is 17.9. The van der Waals surface area contributed by atoms with Crippen LogP contribution in [0.2, 0.25) is 5.02 Å². The van der Waals surface area contributed by atoms with Crippen LogP contribution in [-0.4, -0.2) is 50.8 Å². The molecular weight excluding hydrogens is 492 g/mol. The molecule has 4 aromatic rings. The number of halogens is 1. The number of ether oxygens (including phenoxy) is 2. The molecule has 2 atom stereocenters. The highest BCUT2D eigenvalue weighted by atomic mass is 35.5. The van der Waals surface area contributed by atoms with Crippen LogP contribution in [0.4, 0.5) is 5.82 Å². The van der Waals surface area contributed by atoms with E-state index in [2.05, 4.69) is 15.3 Å². The fourth-order valence-corrected chi connectivity index (χ4v) is 4.79. The van der Waals surface area contributed by atoms with Crippen LogP contribution in [0.1, 0.15) is 48.7 Å². The fourth-order valence-electron chi connectivity index (χ4n) is 4.53. The lowest BCUT2D eigenvalue weighted by atomic mass is 10.0. The van der Waals surface area contributed by atoms with Crippen LogP contribution in [0.3, 0.4) is 0 Å². The summed E-state index contributed by atoms with van der Waals surface area (Å²) in [5, 5.41) is 13.7. The number of anilines is 1. The number of hydrogen-bond donors (Lipinski definition) is 2. The van der Waals surface area contributed by atoms with Crippen molar-refractivity contribution in [2.24, 2.45) is 0 Å². The molecule has 0 radical (unpaired) electrons. The Morgan fingerprint density at radius 3 is 2.65 bits per heavy atom. The van der Waals surface area contributed by atoms with Crippen LogP contribution < -0.4 is 10.1 Å². The average Bonchev–Trinajstić information content (AvgIpc) is 3.31. The minimum absolute atomic E-state index is 0.00394. The van der Waals surface area contributed by atoms with E-state index in [9.17, 15) is 9.90 Å². The van der Waals surface area contributed by atoms with Crippen LogP contribution in [0, 0.1) is 0 Å². The molecular formula is C28H29ClN4O4. The van der Waals surface area contributed by atoms with Gasteiger partial charge in [0.25, 0.3) is 0 Å². The number of ketones is 1. The van der Waals surface area contributed by atoms with Crippen molar-refractivity contribution in [2.45, 2.75) is 44.9 Å². The van der Waals surface area contributed by atoms with E-state index in [0.29, 0.717) is 51.1 Å². The van der Waals surface area contributed by atoms with Gasteiger partial charge in [0.1, 0.15) is 29.3 Å². The molecule has 1 saturated heterocycles. The molecule has 9 heteroatoms. The zero-order chi connectivity index (χ0) is 25.9. The highest BCUT2D eigenvalue weighted by Crippen LogP contribution is 2.34. The average molecular weight is 521 g/mol. The zero-order valence-electron chi connectivity index (χ0n) is 20.7. The van der Waals surface area contributed by atoms with Gasteiger partial charge in [0.2, 0.25) is 0 Å². The van der Waals surface area contributed by atoms with E-state index in [-0.39, 0.29) is 30.6 Å². The van der Waals surface area contributed by atoms with Crippen molar-refractivity contribution in [2.75, 3.05) is 18.5 Å². The number of carbonyl (C=O) groups is 1. The van der Waals surface area contributed by atoms with Crippen molar-refractivity contribution >= 4 is 34.2 Å². The normalized spacial score (nSPS) is 17.8. The summed E-state index contributed by atoms with van der Waals surface area (Å²) < 4.78 is 13.6. The molecule has 0 aliphatic carbocycles. The van der Waals surface area contributed by atoms with Gasteiger partial charge in [-0.15, -0.1) is 0 Å². The third-order valence-electron chi connectivity index (χ3n) is 6.49. The van der Waals surface area contributed by atoms with Gasteiger partial charge in [0.05, 0.1) is 41.3 Å². The lowest BCUT2D eigenvalue weighted by molar-refractivity contribution is -0.0224. The number of nitrogens with zero attached hydrogens (tertiary/aromatic N) is 3. The fraction of sp³-hybridized carbons (Fsp3) is 0.321. The Bertz CT molecular complexity index is 1400. The molecule has 0 amide bonds. The third kappa shape index (κ3) is 5.32. The minimum atomic E-state index is -0.223. The Kier molecular flexibility index (Phi) is 7.41. The second-order valence-corrected chi connectivity index (χ2v) is 9.81. The Labute approximate surface area is 220 Å². The van der Waals surface area contributed by atoms with Crippen molar-refractivity contribution < 1.29 is 19.4 Å². The second-order valence-electron chi connectivity index (χ2n) is 9.41. The zero-order valence-corrected chi connectivity index (χ0v) is 21.5. The van der Waals surface area contributed by atoms with Crippen molar-refractivity contribution in [3.05, 3.63) is 77.2 Å². The number of carbonyl (C=O) groups excluding carboxylic acids is 1. The Balaban J connectivity index is 1.49. The molecule has 5 rings (SSSR count). The van der Waals surface area contributed by atoms with Crippen LogP contribution in [0.25, 0.3) is 11.0 Å². The van der Waals surface area contributed by atoms with Crippen LogP contribution in [-0.2, 0) is 4.74 Å². The third-order valence-corrected chi connectivity index (χ3v) is 6.80. The number of aliphatic hydroxyl groups excluding tert-OH is 1. The number of hydrogen-bond acceptors (Lipinski definition) is 7. The summed E-state index contributed by atoms with van der Waals surface area (Å²) >= 11 is 6.59. The molecule has 2 aromatic carbocycles. The van der Waals surface area contributed by atoms with Crippen molar-refractivity contribution in [3.8, 4) is 11.5 Å². The van der Waals surface area contributed by atoms with E-state index >= 15 is 0 Å². The number of rotatable bonds is 8. The molecule has 1 fully saturated rings. The lowest BCUT2D eigenvalue weighted by Gasteiger charge is -2.29. The van der Waals surface area contributed by atoms with Gasteiger partial charge >= 0.3 is 0 Å². The first-order valence-electron chi connectivity index (χ1n) is 12.4. The topological polar surface area (TPSA) is 98.5 Å². The monoisotopic (exact) mass is 520 g/mol. The largest absolute Gasteiger partial charge is 0.457 e. The molecule has 1 aliphatic rings. The number of para-hydroxylation sites is 1. The summed E-state index contributed by atoms with van der Waals surface area (Å²) in [5.74, 6) is 1.58. The van der Waals surface area contributed by atoms with Gasteiger partial charge in [-0.3, -0.25) is 4.79 Å². The SMILES string of the molecule is CC(C)n1cc(C(=O)c2ccc(Oc3ccccc3)cc2Cl)c2c(N[C@@H]3CC[C@@H](CO)OC3)ncnc21. The van der Waals surface area contributed by atoms with E-state index in [0.717, 1.165) is 12.8 Å². The summed E-state index contributed by atoms with van der Waals surface area (Å²) in [6.45, 7) is 4.53. The molecule has 192 valence electrons.